The normalized spacial score (nSPS) is 11.4. The lowest BCUT2D eigenvalue weighted by Crippen LogP contribution is -2.14. The molecule has 2 heterocycles. The average molecular weight is 365 g/mol. The number of aromatic nitrogens is 3. The zero-order valence-corrected chi connectivity index (χ0v) is 15.9. The first-order chi connectivity index (χ1) is 12.7. The van der Waals surface area contributed by atoms with E-state index in [0.29, 0.717) is 11.6 Å². The fourth-order valence-corrected chi connectivity index (χ4v) is 2.62. The fraction of sp³-hybridized carbons (Fsp3) is 0.300. The summed E-state index contributed by atoms with van der Waals surface area (Å²) in [7, 11) is 0. The van der Waals surface area contributed by atoms with Crippen molar-refractivity contribution in [2.75, 3.05) is 11.1 Å². The summed E-state index contributed by atoms with van der Waals surface area (Å²) in [5.41, 5.74) is 8.84. The van der Waals surface area contributed by atoms with Crippen molar-refractivity contribution in [1.82, 2.24) is 15.1 Å². The molecule has 0 aliphatic heterocycles. The van der Waals surface area contributed by atoms with Gasteiger partial charge < -0.3 is 15.6 Å². The van der Waals surface area contributed by atoms with Gasteiger partial charge in [0.15, 0.2) is 5.82 Å². The van der Waals surface area contributed by atoms with E-state index in [2.05, 4.69) is 20.4 Å². The molecule has 0 spiro atoms. The van der Waals surface area contributed by atoms with Crippen LogP contribution in [0.3, 0.4) is 0 Å². The highest BCUT2D eigenvalue weighted by Crippen LogP contribution is 2.24. The highest BCUT2D eigenvalue weighted by Gasteiger charge is 2.20. The molecule has 3 aromatic rings. The molecular formula is C20H23N5O2. The molecule has 1 amide bonds. The van der Waals surface area contributed by atoms with Gasteiger partial charge in [-0.05, 0) is 12.5 Å². The molecule has 27 heavy (non-hydrogen) atoms. The zero-order valence-electron chi connectivity index (χ0n) is 15.9. The average Bonchev–Trinajstić information content (AvgIpc) is 3.04. The van der Waals surface area contributed by atoms with E-state index in [0.717, 1.165) is 28.3 Å². The van der Waals surface area contributed by atoms with Crippen LogP contribution in [0.5, 0.6) is 0 Å². The number of rotatable bonds is 4. The predicted octanol–water partition coefficient (Wildman–Crippen LogP) is 3.50. The quantitative estimate of drug-likeness (QED) is 0.733. The molecule has 0 unspecified atom stereocenters. The van der Waals surface area contributed by atoms with Gasteiger partial charge in [0.2, 0.25) is 5.91 Å². The molecule has 140 valence electrons. The SMILES string of the molecule is Cc1nc(N)cnc1-c1ccc(CC(=O)Nc2cc(C(C)(C)C)on2)cc1. The summed E-state index contributed by atoms with van der Waals surface area (Å²) < 4.78 is 5.28. The lowest BCUT2D eigenvalue weighted by molar-refractivity contribution is -0.115. The van der Waals surface area contributed by atoms with E-state index in [4.69, 9.17) is 10.3 Å². The van der Waals surface area contributed by atoms with Gasteiger partial charge in [-0.25, -0.2) is 4.98 Å². The number of aryl methyl sites for hydroxylation is 1. The van der Waals surface area contributed by atoms with Crippen LogP contribution in [0.1, 0.15) is 37.8 Å². The Morgan fingerprint density at radius 3 is 2.52 bits per heavy atom. The summed E-state index contributed by atoms with van der Waals surface area (Å²) >= 11 is 0. The number of benzene rings is 1. The first-order valence-corrected chi connectivity index (χ1v) is 8.68. The van der Waals surface area contributed by atoms with E-state index in [1.807, 2.05) is 52.0 Å². The third-order valence-electron chi connectivity index (χ3n) is 4.07. The van der Waals surface area contributed by atoms with Gasteiger partial charge in [0.05, 0.1) is 24.0 Å². The minimum absolute atomic E-state index is 0.153. The third kappa shape index (κ3) is 4.49. The highest BCUT2D eigenvalue weighted by atomic mass is 16.5. The number of nitrogens with one attached hydrogen (secondary N) is 1. The van der Waals surface area contributed by atoms with Gasteiger partial charge in [-0.1, -0.05) is 50.2 Å². The van der Waals surface area contributed by atoms with Gasteiger partial charge in [0.25, 0.3) is 0 Å². The molecule has 3 rings (SSSR count). The number of nitrogen functional groups attached to an aromatic ring is 1. The van der Waals surface area contributed by atoms with Crippen molar-refractivity contribution in [1.29, 1.82) is 0 Å². The van der Waals surface area contributed by atoms with E-state index in [1.165, 1.54) is 6.20 Å². The molecular weight excluding hydrogens is 342 g/mol. The van der Waals surface area contributed by atoms with E-state index >= 15 is 0 Å². The molecule has 3 N–H and O–H groups in total. The van der Waals surface area contributed by atoms with E-state index < -0.39 is 0 Å². The smallest absolute Gasteiger partial charge is 0.230 e. The van der Waals surface area contributed by atoms with Crippen LogP contribution < -0.4 is 11.1 Å². The minimum Gasteiger partial charge on any atom is -0.382 e. The Labute approximate surface area is 158 Å². The maximum atomic E-state index is 12.3. The van der Waals surface area contributed by atoms with Crippen molar-refractivity contribution >= 4 is 17.5 Å². The van der Waals surface area contributed by atoms with E-state index in [-0.39, 0.29) is 17.7 Å². The van der Waals surface area contributed by atoms with Crippen LogP contribution in [-0.4, -0.2) is 21.0 Å². The number of amides is 1. The van der Waals surface area contributed by atoms with Gasteiger partial charge in [-0.2, -0.15) is 0 Å². The van der Waals surface area contributed by atoms with E-state index in [9.17, 15) is 4.79 Å². The number of hydrogen-bond acceptors (Lipinski definition) is 6. The van der Waals surface area contributed by atoms with Gasteiger partial charge in [0, 0.05) is 17.0 Å². The molecule has 0 aliphatic rings. The topological polar surface area (TPSA) is 107 Å². The summed E-state index contributed by atoms with van der Waals surface area (Å²) in [6, 6.07) is 9.39. The highest BCUT2D eigenvalue weighted by molar-refractivity contribution is 5.91. The Balaban J connectivity index is 1.66. The number of nitrogens with two attached hydrogens (primary N) is 1. The summed E-state index contributed by atoms with van der Waals surface area (Å²) in [6.07, 6.45) is 1.78. The molecule has 2 aromatic heterocycles. The molecule has 0 saturated carbocycles. The Kier molecular flexibility index (Phi) is 4.94. The Morgan fingerprint density at radius 1 is 1.22 bits per heavy atom. The summed E-state index contributed by atoms with van der Waals surface area (Å²) in [4.78, 5) is 20.8. The van der Waals surface area contributed by atoms with Crippen molar-refractivity contribution in [2.24, 2.45) is 0 Å². The molecule has 7 heteroatoms. The van der Waals surface area contributed by atoms with Crippen LogP contribution in [-0.2, 0) is 16.6 Å². The van der Waals surface area contributed by atoms with E-state index in [1.54, 1.807) is 6.07 Å². The van der Waals surface area contributed by atoms with Crippen molar-refractivity contribution in [3.05, 3.63) is 53.5 Å². The largest absolute Gasteiger partial charge is 0.382 e. The van der Waals surface area contributed by atoms with Gasteiger partial charge in [-0.15, -0.1) is 0 Å². The van der Waals surface area contributed by atoms with Crippen molar-refractivity contribution < 1.29 is 9.32 Å². The van der Waals surface area contributed by atoms with Crippen molar-refractivity contribution in [3.63, 3.8) is 0 Å². The number of carbonyl (C=O) groups is 1. The number of nitrogens with zero attached hydrogens (tertiary/aromatic N) is 3. The fourth-order valence-electron chi connectivity index (χ4n) is 2.62. The molecule has 0 radical (unpaired) electrons. The van der Waals surface area contributed by atoms with Gasteiger partial charge in [-0.3, -0.25) is 9.78 Å². The lowest BCUT2D eigenvalue weighted by atomic mass is 9.93. The second-order valence-corrected chi connectivity index (χ2v) is 7.48. The summed E-state index contributed by atoms with van der Waals surface area (Å²) in [5, 5.41) is 6.67. The van der Waals surface area contributed by atoms with Gasteiger partial charge in [0.1, 0.15) is 11.6 Å². The molecule has 0 aliphatic carbocycles. The number of hydrogen-bond donors (Lipinski definition) is 2. The van der Waals surface area contributed by atoms with Crippen LogP contribution in [0.2, 0.25) is 0 Å². The van der Waals surface area contributed by atoms with Crippen LogP contribution in [0.4, 0.5) is 11.6 Å². The molecule has 0 saturated heterocycles. The monoisotopic (exact) mass is 365 g/mol. The van der Waals surface area contributed by atoms with Gasteiger partial charge >= 0.3 is 0 Å². The second kappa shape index (κ2) is 7.19. The second-order valence-electron chi connectivity index (χ2n) is 7.48. The van der Waals surface area contributed by atoms with Crippen LogP contribution in [0, 0.1) is 6.92 Å². The lowest BCUT2D eigenvalue weighted by Gasteiger charge is -2.12. The number of carbonyl (C=O) groups excluding carboxylic acids is 1. The van der Waals surface area contributed by atoms with Crippen molar-refractivity contribution in [3.8, 4) is 11.3 Å². The zero-order chi connectivity index (χ0) is 19.6. The first-order valence-electron chi connectivity index (χ1n) is 8.68. The molecule has 1 aromatic carbocycles. The standard InChI is InChI=1S/C20H23N5O2/c1-12-19(22-11-16(21)23-12)14-7-5-13(6-8-14)9-18(26)24-17-10-15(27-25-17)20(2,3)4/h5-8,10-11H,9H2,1-4H3,(H2,21,23)(H,24,25,26). The molecule has 0 bridgehead atoms. The number of anilines is 2. The Morgan fingerprint density at radius 2 is 1.93 bits per heavy atom. The van der Waals surface area contributed by atoms with Crippen molar-refractivity contribution in [2.45, 2.75) is 39.5 Å². The Hall–Kier alpha value is -3.22. The molecule has 7 nitrogen and oxygen atoms in total. The maximum absolute atomic E-state index is 12.3. The van der Waals surface area contributed by atoms with Crippen LogP contribution in [0.15, 0.2) is 41.1 Å². The summed E-state index contributed by atoms with van der Waals surface area (Å²) in [5.74, 6) is 1.39. The maximum Gasteiger partial charge on any atom is 0.230 e. The third-order valence-corrected chi connectivity index (χ3v) is 4.07. The first kappa shape index (κ1) is 18.6. The van der Waals surface area contributed by atoms with Crippen LogP contribution >= 0.6 is 0 Å². The molecule has 0 atom stereocenters. The minimum atomic E-state index is -0.158. The predicted molar refractivity (Wildman–Crippen MR) is 104 cm³/mol. The Bertz CT molecular complexity index is 955. The van der Waals surface area contributed by atoms with Crippen LogP contribution in [0.25, 0.3) is 11.3 Å². The molecule has 0 fully saturated rings. The summed E-state index contributed by atoms with van der Waals surface area (Å²) in [6.45, 7) is 7.93.